The summed E-state index contributed by atoms with van der Waals surface area (Å²) in [4.78, 5) is 27.9. The zero-order valence-electron chi connectivity index (χ0n) is 21.8. The number of amides is 3. The molecule has 7 heteroatoms. The highest BCUT2D eigenvalue weighted by Crippen LogP contribution is 2.32. The SMILES string of the molecule is CC(C)c1cccc(C(C)C)c1NC(=O)Nc1ccc(N(C)C)c(C(=O)NCc2ccc(F)cc2)c1. The van der Waals surface area contributed by atoms with Gasteiger partial charge in [0.15, 0.2) is 0 Å². The number of para-hydroxylation sites is 1. The highest BCUT2D eigenvalue weighted by molar-refractivity contribution is 6.04. The zero-order chi connectivity index (χ0) is 26.4. The van der Waals surface area contributed by atoms with Crippen LogP contribution in [0.15, 0.2) is 60.7 Å². The molecule has 3 amide bonds. The van der Waals surface area contributed by atoms with Crippen LogP contribution in [0, 0.1) is 5.82 Å². The summed E-state index contributed by atoms with van der Waals surface area (Å²) < 4.78 is 13.2. The average molecular weight is 491 g/mol. The van der Waals surface area contributed by atoms with Crippen LogP contribution in [0.4, 0.5) is 26.2 Å². The van der Waals surface area contributed by atoms with Crippen LogP contribution in [0.1, 0.15) is 66.6 Å². The molecule has 0 bridgehead atoms. The fourth-order valence-electron chi connectivity index (χ4n) is 4.04. The number of urea groups is 1. The maximum absolute atomic E-state index is 13.2. The molecule has 3 aromatic rings. The summed E-state index contributed by atoms with van der Waals surface area (Å²) in [6, 6.07) is 16.9. The molecule has 0 aliphatic carbocycles. The van der Waals surface area contributed by atoms with Crippen LogP contribution in [-0.2, 0) is 6.54 Å². The van der Waals surface area contributed by atoms with Gasteiger partial charge in [0.05, 0.1) is 5.56 Å². The third-order valence-electron chi connectivity index (χ3n) is 5.96. The second-order valence-electron chi connectivity index (χ2n) is 9.64. The van der Waals surface area contributed by atoms with E-state index in [1.165, 1.54) is 12.1 Å². The summed E-state index contributed by atoms with van der Waals surface area (Å²) in [5.74, 6) is -0.127. The predicted octanol–water partition coefficient (Wildman–Crippen LogP) is 6.71. The van der Waals surface area contributed by atoms with Gasteiger partial charge in [0.2, 0.25) is 0 Å². The number of anilines is 3. The van der Waals surface area contributed by atoms with Gasteiger partial charge in [-0.2, -0.15) is 0 Å². The van der Waals surface area contributed by atoms with Crippen molar-refractivity contribution in [2.45, 2.75) is 46.1 Å². The van der Waals surface area contributed by atoms with E-state index in [0.29, 0.717) is 16.9 Å². The number of hydrogen-bond donors (Lipinski definition) is 3. The molecule has 0 aromatic heterocycles. The Morgan fingerprint density at radius 2 is 1.47 bits per heavy atom. The second kappa shape index (κ2) is 11.7. The fraction of sp³-hybridized carbons (Fsp3) is 0.310. The van der Waals surface area contributed by atoms with Gasteiger partial charge in [-0.15, -0.1) is 0 Å². The van der Waals surface area contributed by atoms with Crippen LogP contribution in [0.5, 0.6) is 0 Å². The van der Waals surface area contributed by atoms with E-state index in [9.17, 15) is 14.0 Å². The number of hydrogen-bond acceptors (Lipinski definition) is 3. The lowest BCUT2D eigenvalue weighted by Gasteiger charge is -2.21. The number of halogens is 1. The molecule has 0 aliphatic rings. The van der Waals surface area contributed by atoms with E-state index in [-0.39, 0.29) is 36.1 Å². The molecular formula is C29H35FN4O2. The Hall–Kier alpha value is -3.87. The fourth-order valence-corrected chi connectivity index (χ4v) is 4.04. The molecule has 0 atom stereocenters. The van der Waals surface area contributed by atoms with E-state index in [1.54, 1.807) is 30.3 Å². The third kappa shape index (κ3) is 6.62. The topological polar surface area (TPSA) is 73.5 Å². The average Bonchev–Trinajstić information content (AvgIpc) is 2.83. The van der Waals surface area contributed by atoms with Gasteiger partial charge in [0.1, 0.15) is 5.82 Å². The molecule has 6 nitrogen and oxygen atoms in total. The van der Waals surface area contributed by atoms with Crippen LogP contribution in [0.2, 0.25) is 0 Å². The Bertz CT molecular complexity index is 1190. The van der Waals surface area contributed by atoms with Crippen molar-refractivity contribution in [3.8, 4) is 0 Å². The monoisotopic (exact) mass is 490 g/mol. The van der Waals surface area contributed by atoms with Crippen LogP contribution in [0.3, 0.4) is 0 Å². The minimum atomic E-state index is -0.375. The van der Waals surface area contributed by atoms with E-state index in [0.717, 1.165) is 22.4 Å². The zero-order valence-corrected chi connectivity index (χ0v) is 21.8. The Morgan fingerprint density at radius 1 is 0.861 bits per heavy atom. The molecule has 0 radical (unpaired) electrons. The first-order chi connectivity index (χ1) is 17.1. The molecule has 3 rings (SSSR count). The van der Waals surface area contributed by atoms with Crippen molar-refractivity contribution in [3.05, 3.63) is 88.7 Å². The summed E-state index contributed by atoms with van der Waals surface area (Å²) in [5, 5.41) is 8.78. The summed E-state index contributed by atoms with van der Waals surface area (Å²) in [7, 11) is 3.70. The van der Waals surface area contributed by atoms with Crippen LogP contribution in [0.25, 0.3) is 0 Å². The molecule has 3 N–H and O–H groups in total. The van der Waals surface area contributed by atoms with Gasteiger partial charge in [-0.1, -0.05) is 58.0 Å². The van der Waals surface area contributed by atoms with Gasteiger partial charge in [-0.25, -0.2) is 9.18 Å². The van der Waals surface area contributed by atoms with Gasteiger partial charge >= 0.3 is 6.03 Å². The minimum Gasteiger partial charge on any atom is -0.377 e. The van der Waals surface area contributed by atoms with Gasteiger partial charge < -0.3 is 20.9 Å². The lowest BCUT2D eigenvalue weighted by atomic mass is 9.93. The quantitative estimate of drug-likeness (QED) is 0.328. The Labute approximate surface area is 212 Å². The minimum absolute atomic E-state index is 0.245. The summed E-state index contributed by atoms with van der Waals surface area (Å²) in [6.45, 7) is 8.64. The van der Waals surface area contributed by atoms with E-state index in [1.807, 2.05) is 37.2 Å². The number of carbonyl (C=O) groups excluding carboxylic acids is 2. The molecule has 190 valence electrons. The number of benzene rings is 3. The van der Waals surface area contributed by atoms with Crippen molar-refractivity contribution in [1.82, 2.24) is 5.32 Å². The van der Waals surface area contributed by atoms with E-state index in [4.69, 9.17) is 0 Å². The molecule has 0 saturated carbocycles. The van der Waals surface area contributed by atoms with E-state index >= 15 is 0 Å². The first-order valence-electron chi connectivity index (χ1n) is 12.1. The third-order valence-corrected chi connectivity index (χ3v) is 5.96. The van der Waals surface area contributed by atoms with Gasteiger partial charge in [0.25, 0.3) is 5.91 Å². The van der Waals surface area contributed by atoms with Crippen molar-refractivity contribution in [1.29, 1.82) is 0 Å². The van der Waals surface area contributed by atoms with E-state index in [2.05, 4.69) is 43.6 Å². The highest BCUT2D eigenvalue weighted by atomic mass is 19.1. The Balaban J connectivity index is 1.80. The summed E-state index contributed by atoms with van der Waals surface area (Å²) >= 11 is 0. The van der Waals surface area contributed by atoms with E-state index < -0.39 is 0 Å². The lowest BCUT2D eigenvalue weighted by Crippen LogP contribution is -2.26. The molecule has 0 heterocycles. The molecule has 0 fully saturated rings. The maximum Gasteiger partial charge on any atom is 0.323 e. The van der Waals surface area contributed by atoms with Crippen LogP contribution < -0.4 is 20.9 Å². The maximum atomic E-state index is 13.2. The number of carbonyl (C=O) groups is 2. The lowest BCUT2D eigenvalue weighted by molar-refractivity contribution is 0.0951. The smallest absolute Gasteiger partial charge is 0.323 e. The summed E-state index contributed by atoms with van der Waals surface area (Å²) in [6.07, 6.45) is 0. The van der Waals surface area contributed by atoms with Gasteiger partial charge in [0, 0.05) is 37.7 Å². The number of nitrogens with zero attached hydrogens (tertiary/aromatic N) is 1. The molecule has 0 aliphatic heterocycles. The molecule has 0 unspecified atom stereocenters. The van der Waals surface area contributed by atoms with Crippen LogP contribution in [-0.4, -0.2) is 26.0 Å². The predicted molar refractivity (Wildman–Crippen MR) is 146 cm³/mol. The Kier molecular flexibility index (Phi) is 8.69. The molecule has 3 aromatic carbocycles. The standard InChI is InChI=1S/C29H35FN4O2/c1-18(2)23-8-7-9-24(19(3)4)27(23)33-29(36)32-22-14-15-26(34(5)6)25(16-22)28(35)31-17-20-10-12-21(30)13-11-20/h7-16,18-19H,17H2,1-6H3,(H,31,35)(H2,32,33,36). The normalized spacial score (nSPS) is 10.9. The first kappa shape index (κ1) is 26.7. The van der Waals surface area contributed by atoms with Crippen molar-refractivity contribution < 1.29 is 14.0 Å². The number of rotatable bonds is 8. The summed E-state index contributed by atoms with van der Waals surface area (Å²) in [5.41, 5.74) is 5.38. The first-order valence-corrected chi connectivity index (χ1v) is 12.1. The number of nitrogens with one attached hydrogen (secondary N) is 3. The largest absolute Gasteiger partial charge is 0.377 e. The second-order valence-corrected chi connectivity index (χ2v) is 9.64. The Morgan fingerprint density at radius 3 is 2.03 bits per heavy atom. The van der Waals surface area contributed by atoms with Crippen molar-refractivity contribution in [2.24, 2.45) is 0 Å². The molecule has 36 heavy (non-hydrogen) atoms. The molecular weight excluding hydrogens is 455 g/mol. The van der Waals surface area contributed by atoms with Gasteiger partial charge in [-0.05, 0) is 58.9 Å². The van der Waals surface area contributed by atoms with Crippen molar-refractivity contribution >= 4 is 29.0 Å². The van der Waals surface area contributed by atoms with Crippen molar-refractivity contribution in [3.63, 3.8) is 0 Å². The highest BCUT2D eigenvalue weighted by Gasteiger charge is 2.18. The molecule has 0 spiro atoms. The van der Waals surface area contributed by atoms with Crippen LogP contribution >= 0.6 is 0 Å². The van der Waals surface area contributed by atoms with Crippen molar-refractivity contribution in [2.75, 3.05) is 29.6 Å². The molecule has 0 saturated heterocycles. The van der Waals surface area contributed by atoms with Gasteiger partial charge in [-0.3, -0.25) is 4.79 Å².